The SMILES string of the molecule is CCNCC(O)COc1cc(F)c(Br)cc1[N+](=O)[O-]. The highest BCUT2D eigenvalue weighted by Crippen LogP contribution is 2.32. The number of nitrogens with one attached hydrogen (secondary N) is 1. The molecule has 0 fully saturated rings. The van der Waals surface area contributed by atoms with Gasteiger partial charge in [-0.15, -0.1) is 0 Å². The third-order valence-electron chi connectivity index (χ3n) is 2.26. The van der Waals surface area contributed by atoms with Crippen molar-refractivity contribution in [2.75, 3.05) is 19.7 Å². The zero-order chi connectivity index (χ0) is 14.4. The van der Waals surface area contributed by atoms with Crippen LogP contribution in [0.3, 0.4) is 0 Å². The number of aliphatic hydroxyl groups excluding tert-OH is 1. The van der Waals surface area contributed by atoms with Gasteiger partial charge in [0.25, 0.3) is 0 Å². The van der Waals surface area contributed by atoms with Crippen molar-refractivity contribution >= 4 is 21.6 Å². The Morgan fingerprint density at radius 3 is 2.89 bits per heavy atom. The first kappa shape index (κ1) is 15.8. The van der Waals surface area contributed by atoms with Crippen LogP contribution >= 0.6 is 15.9 Å². The third-order valence-corrected chi connectivity index (χ3v) is 2.87. The number of hydrogen-bond acceptors (Lipinski definition) is 5. The molecule has 1 rings (SSSR count). The summed E-state index contributed by atoms with van der Waals surface area (Å²) in [6.07, 6.45) is -0.828. The number of hydrogen-bond donors (Lipinski definition) is 2. The minimum Gasteiger partial charge on any atom is -0.484 e. The van der Waals surface area contributed by atoms with E-state index in [2.05, 4.69) is 21.2 Å². The first-order valence-corrected chi connectivity index (χ1v) is 6.40. The molecular formula is C11H14BrFN2O4. The van der Waals surface area contributed by atoms with Gasteiger partial charge in [0.05, 0.1) is 9.40 Å². The molecule has 0 saturated carbocycles. The van der Waals surface area contributed by atoms with E-state index in [1.807, 2.05) is 6.92 Å². The second-order valence-electron chi connectivity index (χ2n) is 3.76. The number of nitrogens with zero attached hydrogens (tertiary/aromatic N) is 1. The van der Waals surface area contributed by atoms with E-state index in [4.69, 9.17) is 4.74 Å². The number of halogens is 2. The Kier molecular flexibility index (Phi) is 6.13. The normalized spacial score (nSPS) is 12.2. The van der Waals surface area contributed by atoms with Crippen LogP contribution in [0, 0.1) is 15.9 Å². The summed E-state index contributed by atoms with van der Waals surface area (Å²) in [6.45, 7) is 2.70. The molecule has 106 valence electrons. The Hall–Kier alpha value is -1.25. The van der Waals surface area contributed by atoms with Crippen molar-refractivity contribution in [1.29, 1.82) is 0 Å². The van der Waals surface area contributed by atoms with Gasteiger partial charge in [0.2, 0.25) is 0 Å². The van der Waals surface area contributed by atoms with E-state index in [0.717, 1.165) is 12.1 Å². The van der Waals surface area contributed by atoms with E-state index in [9.17, 15) is 19.6 Å². The minimum absolute atomic E-state index is 0.0141. The van der Waals surface area contributed by atoms with Gasteiger partial charge in [-0.1, -0.05) is 6.92 Å². The lowest BCUT2D eigenvalue weighted by molar-refractivity contribution is -0.386. The van der Waals surface area contributed by atoms with Crippen molar-refractivity contribution in [3.8, 4) is 5.75 Å². The molecule has 0 aliphatic rings. The Balaban J connectivity index is 2.77. The average Bonchev–Trinajstić information content (AvgIpc) is 2.36. The summed E-state index contributed by atoms with van der Waals surface area (Å²) < 4.78 is 18.4. The van der Waals surface area contributed by atoms with Crippen LogP contribution in [0.2, 0.25) is 0 Å². The molecule has 1 atom stereocenters. The van der Waals surface area contributed by atoms with E-state index in [0.29, 0.717) is 13.1 Å². The second kappa shape index (κ2) is 7.37. The third kappa shape index (κ3) is 4.73. The van der Waals surface area contributed by atoms with Gasteiger partial charge in [-0.25, -0.2) is 4.39 Å². The number of aliphatic hydroxyl groups is 1. The van der Waals surface area contributed by atoms with Crippen molar-refractivity contribution in [2.24, 2.45) is 0 Å². The van der Waals surface area contributed by atoms with Crippen molar-refractivity contribution < 1.29 is 19.2 Å². The number of ether oxygens (including phenoxy) is 1. The summed E-state index contributed by atoms with van der Waals surface area (Å²) in [4.78, 5) is 10.1. The maximum atomic E-state index is 13.3. The van der Waals surface area contributed by atoms with Gasteiger partial charge < -0.3 is 15.2 Å². The van der Waals surface area contributed by atoms with Gasteiger partial charge in [-0.3, -0.25) is 10.1 Å². The molecule has 0 bridgehead atoms. The van der Waals surface area contributed by atoms with Crippen LogP contribution < -0.4 is 10.1 Å². The van der Waals surface area contributed by atoms with Crippen LogP contribution in [-0.2, 0) is 0 Å². The van der Waals surface area contributed by atoms with E-state index < -0.39 is 16.8 Å². The molecule has 0 aromatic heterocycles. The van der Waals surface area contributed by atoms with E-state index in [1.54, 1.807) is 0 Å². The van der Waals surface area contributed by atoms with Crippen LogP contribution in [-0.4, -0.2) is 35.8 Å². The second-order valence-corrected chi connectivity index (χ2v) is 4.62. The lowest BCUT2D eigenvalue weighted by Gasteiger charge is -2.13. The number of nitro groups is 1. The van der Waals surface area contributed by atoms with Crippen molar-refractivity contribution in [3.05, 3.63) is 32.5 Å². The average molecular weight is 337 g/mol. The summed E-state index contributed by atoms with van der Waals surface area (Å²) in [6, 6.07) is 1.95. The topological polar surface area (TPSA) is 84.6 Å². The molecule has 6 nitrogen and oxygen atoms in total. The highest BCUT2D eigenvalue weighted by Gasteiger charge is 2.19. The van der Waals surface area contributed by atoms with Crippen LogP contribution in [0.15, 0.2) is 16.6 Å². The van der Waals surface area contributed by atoms with Crippen molar-refractivity contribution in [3.63, 3.8) is 0 Å². The molecule has 0 amide bonds. The molecule has 0 radical (unpaired) electrons. The minimum atomic E-state index is -0.828. The lowest BCUT2D eigenvalue weighted by atomic mass is 10.3. The summed E-state index contributed by atoms with van der Waals surface area (Å²) in [5.41, 5.74) is -0.357. The standard InChI is InChI=1S/C11H14BrFN2O4/c1-2-14-5-7(16)6-19-11-4-9(13)8(12)3-10(11)15(17)18/h3-4,7,14,16H,2,5-6H2,1H3. The largest absolute Gasteiger partial charge is 0.484 e. The van der Waals surface area contributed by atoms with Gasteiger partial charge in [-0.2, -0.15) is 0 Å². The summed E-state index contributed by atoms with van der Waals surface area (Å²) in [5, 5.41) is 23.2. The zero-order valence-corrected chi connectivity index (χ0v) is 11.8. The van der Waals surface area contributed by atoms with Gasteiger partial charge in [0.1, 0.15) is 18.5 Å². The first-order chi connectivity index (χ1) is 8.95. The predicted molar refractivity (Wildman–Crippen MR) is 70.8 cm³/mol. The molecule has 0 heterocycles. The number of benzene rings is 1. The monoisotopic (exact) mass is 336 g/mol. The summed E-state index contributed by atoms with van der Waals surface area (Å²) >= 11 is 2.87. The van der Waals surface area contributed by atoms with Gasteiger partial charge >= 0.3 is 5.69 Å². The molecule has 0 saturated heterocycles. The molecule has 2 N–H and O–H groups in total. The van der Waals surface area contributed by atoms with E-state index in [-0.39, 0.29) is 22.5 Å². The van der Waals surface area contributed by atoms with E-state index >= 15 is 0 Å². The molecule has 1 aromatic rings. The van der Waals surface area contributed by atoms with Crippen LogP contribution in [0.1, 0.15) is 6.92 Å². The van der Waals surface area contributed by atoms with Gasteiger partial charge in [0.15, 0.2) is 5.75 Å². The Labute approximate surface area is 117 Å². The highest BCUT2D eigenvalue weighted by atomic mass is 79.9. The van der Waals surface area contributed by atoms with Gasteiger partial charge in [0, 0.05) is 18.7 Å². The van der Waals surface area contributed by atoms with Crippen LogP contribution in [0.25, 0.3) is 0 Å². The fourth-order valence-corrected chi connectivity index (χ4v) is 1.66. The number of rotatable bonds is 7. The Bertz CT molecular complexity index is 459. The van der Waals surface area contributed by atoms with Gasteiger partial charge in [-0.05, 0) is 22.5 Å². The zero-order valence-electron chi connectivity index (χ0n) is 10.2. The number of likely N-dealkylation sites (N-methyl/N-ethyl adjacent to an activating group) is 1. The summed E-state index contributed by atoms with van der Waals surface area (Å²) in [5.74, 6) is -0.872. The predicted octanol–water partition coefficient (Wildman–Crippen LogP) is 1.85. The van der Waals surface area contributed by atoms with Crippen LogP contribution in [0.5, 0.6) is 5.75 Å². The molecule has 19 heavy (non-hydrogen) atoms. The highest BCUT2D eigenvalue weighted by molar-refractivity contribution is 9.10. The molecular weight excluding hydrogens is 323 g/mol. The Morgan fingerprint density at radius 2 is 2.32 bits per heavy atom. The molecule has 0 aliphatic carbocycles. The van der Waals surface area contributed by atoms with Crippen molar-refractivity contribution in [1.82, 2.24) is 5.32 Å². The van der Waals surface area contributed by atoms with Crippen LogP contribution in [0.4, 0.5) is 10.1 Å². The number of nitro benzene ring substituents is 1. The molecule has 0 spiro atoms. The maximum absolute atomic E-state index is 13.3. The lowest BCUT2D eigenvalue weighted by Crippen LogP contribution is -2.31. The fraction of sp³-hybridized carbons (Fsp3) is 0.455. The van der Waals surface area contributed by atoms with E-state index in [1.165, 1.54) is 0 Å². The molecule has 1 unspecified atom stereocenters. The van der Waals surface area contributed by atoms with Crippen molar-refractivity contribution in [2.45, 2.75) is 13.0 Å². The first-order valence-electron chi connectivity index (χ1n) is 5.60. The molecule has 8 heteroatoms. The Morgan fingerprint density at radius 1 is 1.63 bits per heavy atom. The molecule has 1 aromatic carbocycles. The molecule has 0 aliphatic heterocycles. The summed E-state index contributed by atoms with van der Waals surface area (Å²) in [7, 11) is 0. The maximum Gasteiger partial charge on any atom is 0.312 e. The smallest absolute Gasteiger partial charge is 0.312 e. The fourth-order valence-electron chi connectivity index (χ4n) is 1.33. The quantitative estimate of drug-likeness (QED) is 0.586.